The fraction of sp³-hybridized carbons (Fsp3) is 0.529. The molecule has 0 heterocycles. The molecule has 1 aliphatic carbocycles. The van der Waals surface area contributed by atoms with Crippen LogP contribution in [0.5, 0.6) is 0 Å². The van der Waals surface area contributed by atoms with Crippen LogP contribution in [0.1, 0.15) is 50.5 Å². The Morgan fingerprint density at radius 2 is 1.77 bits per heavy atom. The van der Waals surface area contributed by atoms with Crippen LogP contribution in [0.4, 0.5) is 4.39 Å². The monoisotopic (exact) mass is 307 g/mol. The van der Waals surface area contributed by atoms with E-state index in [0.29, 0.717) is 13.0 Å². The van der Waals surface area contributed by atoms with E-state index in [1.807, 2.05) is 0 Å². The summed E-state index contributed by atoms with van der Waals surface area (Å²) in [5.41, 5.74) is 0.249. The average Bonchev–Trinajstić information content (AvgIpc) is 2.52. The lowest BCUT2D eigenvalue weighted by molar-refractivity contribution is -0.137. The van der Waals surface area contributed by atoms with Crippen molar-refractivity contribution in [1.29, 1.82) is 0 Å². The van der Waals surface area contributed by atoms with Crippen LogP contribution in [0.2, 0.25) is 0 Å². The third-order valence-corrected chi connectivity index (χ3v) is 4.39. The van der Waals surface area contributed by atoms with E-state index in [0.717, 1.165) is 37.7 Å². The molecular formula is C17H22FNO3. The highest BCUT2D eigenvalue weighted by atomic mass is 19.1. The van der Waals surface area contributed by atoms with Crippen molar-refractivity contribution in [1.82, 2.24) is 5.32 Å². The van der Waals surface area contributed by atoms with Gasteiger partial charge < -0.3 is 10.4 Å². The Balaban J connectivity index is 2.09. The third-order valence-electron chi connectivity index (χ3n) is 4.39. The van der Waals surface area contributed by atoms with Crippen LogP contribution < -0.4 is 5.32 Å². The summed E-state index contributed by atoms with van der Waals surface area (Å²) in [6.45, 7) is 0.355. The normalized spacial score (nSPS) is 17.0. The predicted octanol–water partition coefficient (Wildman–Crippen LogP) is 3.01. The van der Waals surface area contributed by atoms with Crippen LogP contribution in [-0.4, -0.2) is 23.5 Å². The smallest absolute Gasteiger partial charge is 0.303 e. The summed E-state index contributed by atoms with van der Waals surface area (Å²) in [5, 5.41) is 11.5. The molecule has 0 aliphatic heterocycles. The Hall–Kier alpha value is -1.91. The molecule has 2 rings (SSSR count). The van der Waals surface area contributed by atoms with Crippen LogP contribution in [0.15, 0.2) is 24.3 Å². The summed E-state index contributed by atoms with van der Waals surface area (Å²) in [5.74, 6) is -1.24. The van der Waals surface area contributed by atoms with Gasteiger partial charge in [0.05, 0.1) is 5.41 Å². The number of carbonyl (C=O) groups is 2. The van der Waals surface area contributed by atoms with Gasteiger partial charge in [-0.05, 0) is 37.0 Å². The first kappa shape index (κ1) is 16.5. The molecule has 4 nitrogen and oxygen atoms in total. The van der Waals surface area contributed by atoms with Crippen molar-refractivity contribution >= 4 is 11.9 Å². The van der Waals surface area contributed by atoms with Crippen LogP contribution in [0.3, 0.4) is 0 Å². The van der Waals surface area contributed by atoms with Gasteiger partial charge in [-0.25, -0.2) is 4.39 Å². The van der Waals surface area contributed by atoms with E-state index in [2.05, 4.69) is 5.32 Å². The summed E-state index contributed by atoms with van der Waals surface area (Å²) < 4.78 is 13.1. The number of carboxylic acids is 1. The van der Waals surface area contributed by atoms with Crippen LogP contribution in [0.25, 0.3) is 0 Å². The molecule has 1 saturated carbocycles. The zero-order chi connectivity index (χ0) is 16.0. The van der Waals surface area contributed by atoms with E-state index >= 15 is 0 Å². The van der Waals surface area contributed by atoms with Gasteiger partial charge >= 0.3 is 5.97 Å². The van der Waals surface area contributed by atoms with Gasteiger partial charge in [0, 0.05) is 13.0 Å². The predicted molar refractivity (Wildman–Crippen MR) is 81.0 cm³/mol. The maximum absolute atomic E-state index is 13.1. The molecule has 1 fully saturated rings. The fourth-order valence-corrected chi connectivity index (χ4v) is 3.18. The summed E-state index contributed by atoms with van der Waals surface area (Å²) in [6, 6.07) is 6.17. The Kier molecular flexibility index (Phi) is 5.52. The second-order valence-electron chi connectivity index (χ2n) is 5.90. The summed E-state index contributed by atoms with van der Waals surface area (Å²) in [4.78, 5) is 23.2. The Morgan fingerprint density at radius 1 is 1.14 bits per heavy atom. The van der Waals surface area contributed by atoms with E-state index in [1.54, 1.807) is 12.1 Å². The number of carboxylic acid groups (broad SMARTS) is 1. The lowest BCUT2D eigenvalue weighted by Crippen LogP contribution is -2.46. The standard InChI is InChI=1S/C17H22FNO3/c18-14-8-6-13(7-9-14)17(10-2-1-3-11-17)16(22)19-12-4-5-15(20)21/h6-9H,1-5,10-12H2,(H,19,22)(H,20,21). The molecular weight excluding hydrogens is 285 g/mol. The van der Waals surface area contributed by atoms with E-state index < -0.39 is 11.4 Å². The average molecular weight is 307 g/mol. The zero-order valence-corrected chi connectivity index (χ0v) is 12.6. The molecule has 0 atom stereocenters. The topological polar surface area (TPSA) is 66.4 Å². The van der Waals surface area contributed by atoms with Gasteiger partial charge in [0.1, 0.15) is 5.82 Å². The molecule has 0 bridgehead atoms. The number of hydrogen-bond acceptors (Lipinski definition) is 2. The first-order valence-electron chi connectivity index (χ1n) is 7.81. The van der Waals surface area contributed by atoms with Crippen molar-refractivity contribution in [3.8, 4) is 0 Å². The quantitative estimate of drug-likeness (QED) is 0.794. The molecule has 1 aliphatic rings. The second kappa shape index (κ2) is 7.38. The molecule has 0 aromatic heterocycles. The molecule has 120 valence electrons. The van der Waals surface area contributed by atoms with Crippen LogP contribution in [-0.2, 0) is 15.0 Å². The van der Waals surface area contributed by atoms with Gasteiger partial charge in [-0.1, -0.05) is 31.4 Å². The number of hydrogen-bond donors (Lipinski definition) is 2. The zero-order valence-electron chi connectivity index (χ0n) is 12.6. The first-order valence-corrected chi connectivity index (χ1v) is 7.81. The number of aliphatic carboxylic acids is 1. The number of carbonyl (C=O) groups excluding carboxylic acids is 1. The van der Waals surface area contributed by atoms with Crippen LogP contribution in [0, 0.1) is 5.82 Å². The molecule has 22 heavy (non-hydrogen) atoms. The van der Waals surface area contributed by atoms with Crippen molar-refractivity contribution in [3.63, 3.8) is 0 Å². The summed E-state index contributed by atoms with van der Waals surface area (Å²) in [6.07, 6.45) is 5.02. The van der Waals surface area contributed by atoms with Gasteiger partial charge in [-0.2, -0.15) is 0 Å². The van der Waals surface area contributed by atoms with E-state index in [-0.39, 0.29) is 18.1 Å². The SMILES string of the molecule is O=C(O)CCCNC(=O)C1(c2ccc(F)cc2)CCCCC1. The Morgan fingerprint density at radius 3 is 2.36 bits per heavy atom. The number of benzene rings is 1. The van der Waals surface area contributed by atoms with Crippen molar-refractivity contribution < 1.29 is 19.1 Å². The van der Waals surface area contributed by atoms with Gasteiger partial charge in [-0.3, -0.25) is 9.59 Å². The molecule has 1 aromatic carbocycles. The van der Waals surface area contributed by atoms with Gasteiger partial charge in [0.15, 0.2) is 0 Å². The Labute approximate surface area is 129 Å². The minimum Gasteiger partial charge on any atom is -0.481 e. The fourth-order valence-electron chi connectivity index (χ4n) is 3.18. The molecule has 0 radical (unpaired) electrons. The van der Waals surface area contributed by atoms with Gasteiger partial charge in [0.25, 0.3) is 0 Å². The second-order valence-corrected chi connectivity index (χ2v) is 5.90. The largest absolute Gasteiger partial charge is 0.481 e. The molecule has 1 aromatic rings. The van der Waals surface area contributed by atoms with Crippen molar-refractivity contribution in [2.24, 2.45) is 0 Å². The first-order chi connectivity index (χ1) is 10.5. The molecule has 0 saturated heterocycles. The maximum Gasteiger partial charge on any atom is 0.303 e. The summed E-state index contributed by atoms with van der Waals surface area (Å²) in [7, 11) is 0. The van der Waals surface area contributed by atoms with Crippen molar-refractivity contribution in [2.45, 2.75) is 50.4 Å². The lowest BCUT2D eigenvalue weighted by atomic mass is 9.68. The van der Waals surface area contributed by atoms with E-state index in [4.69, 9.17) is 5.11 Å². The molecule has 2 N–H and O–H groups in total. The highest BCUT2D eigenvalue weighted by molar-refractivity contribution is 5.88. The number of rotatable bonds is 6. The number of nitrogens with one attached hydrogen (secondary N) is 1. The number of halogens is 1. The van der Waals surface area contributed by atoms with Crippen LogP contribution >= 0.6 is 0 Å². The highest BCUT2D eigenvalue weighted by Gasteiger charge is 2.40. The van der Waals surface area contributed by atoms with Crippen molar-refractivity contribution in [2.75, 3.05) is 6.54 Å². The van der Waals surface area contributed by atoms with E-state index in [9.17, 15) is 14.0 Å². The van der Waals surface area contributed by atoms with Gasteiger partial charge in [0.2, 0.25) is 5.91 Å². The lowest BCUT2D eigenvalue weighted by Gasteiger charge is -2.36. The third kappa shape index (κ3) is 3.84. The molecule has 0 unspecified atom stereocenters. The highest BCUT2D eigenvalue weighted by Crippen LogP contribution is 2.39. The summed E-state index contributed by atoms with van der Waals surface area (Å²) >= 11 is 0. The Bertz CT molecular complexity index is 521. The van der Waals surface area contributed by atoms with Crippen molar-refractivity contribution in [3.05, 3.63) is 35.6 Å². The van der Waals surface area contributed by atoms with Gasteiger partial charge in [-0.15, -0.1) is 0 Å². The molecule has 5 heteroatoms. The maximum atomic E-state index is 13.1. The van der Waals surface area contributed by atoms with E-state index in [1.165, 1.54) is 12.1 Å². The minimum absolute atomic E-state index is 0.0455. The molecule has 0 spiro atoms. The number of amides is 1. The molecule has 1 amide bonds. The minimum atomic E-state index is -0.861.